The Balaban J connectivity index is 3.44. The lowest BCUT2D eigenvalue weighted by Crippen LogP contribution is -2.21. The number of carboxylic acids is 1. The van der Waals surface area contributed by atoms with Crippen molar-refractivity contribution in [3.8, 4) is 0 Å². The minimum Gasteiger partial charge on any atom is -0.550 e. The fourth-order valence-corrected chi connectivity index (χ4v) is 1.26. The molecule has 0 aromatic carbocycles. The third kappa shape index (κ3) is 5.96. The fourth-order valence-electron chi connectivity index (χ4n) is 1.26. The second kappa shape index (κ2) is 6.89. The molecule has 12 heavy (non-hydrogen) atoms. The number of carbonyl (C=O) groups is 1. The van der Waals surface area contributed by atoms with Gasteiger partial charge in [-0.25, -0.2) is 0 Å². The van der Waals surface area contributed by atoms with E-state index < -0.39 is 5.97 Å². The van der Waals surface area contributed by atoms with Crippen LogP contribution in [0.2, 0.25) is 0 Å². The Morgan fingerprint density at radius 3 is 2.67 bits per heavy atom. The quantitative estimate of drug-likeness (QED) is 0.542. The van der Waals surface area contributed by atoms with Gasteiger partial charge in [0, 0.05) is 5.97 Å². The number of allylic oxidation sites excluding steroid dienone is 1. The van der Waals surface area contributed by atoms with Gasteiger partial charge in [0.2, 0.25) is 0 Å². The van der Waals surface area contributed by atoms with E-state index in [1.807, 2.05) is 6.08 Å². The average Bonchev–Trinajstić information content (AvgIpc) is 2.02. The van der Waals surface area contributed by atoms with Gasteiger partial charge in [-0.05, 0) is 31.6 Å². The minimum absolute atomic E-state index is 0.175. The van der Waals surface area contributed by atoms with Crippen LogP contribution in [-0.2, 0) is 4.79 Å². The molecule has 0 amide bonds. The summed E-state index contributed by atoms with van der Waals surface area (Å²) in [6.45, 7) is 5.83. The van der Waals surface area contributed by atoms with E-state index in [1.165, 1.54) is 0 Å². The molecule has 0 rings (SSSR count). The first-order chi connectivity index (χ1) is 5.70. The van der Waals surface area contributed by atoms with Crippen molar-refractivity contribution < 1.29 is 9.90 Å². The molecule has 0 aliphatic rings. The van der Waals surface area contributed by atoms with Gasteiger partial charge in [0.25, 0.3) is 0 Å². The molecule has 0 fully saturated rings. The van der Waals surface area contributed by atoms with E-state index >= 15 is 0 Å². The van der Waals surface area contributed by atoms with Crippen LogP contribution in [0.15, 0.2) is 12.7 Å². The summed E-state index contributed by atoms with van der Waals surface area (Å²) in [6.07, 6.45) is 5.95. The molecule has 2 heteroatoms. The highest BCUT2D eigenvalue weighted by Gasteiger charge is 2.01. The summed E-state index contributed by atoms with van der Waals surface area (Å²) in [6, 6.07) is 0. The molecule has 0 aromatic rings. The van der Waals surface area contributed by atoms with Gasteiger partial charge in [-0.1, -0.05) is 19.4 Å². The average molecular weight is 169 g/mol. The summed E-state index contributed by atoms with van der Waals surface area (Å²) in [5.74, 6) is -0.469. The molecule has 0 aliphatic heterocycles. The van der Waals surface area contributed by atoms with E-state index in [9.17, 15) is 9.90 Å². The van der Waals surface area contributed by atoms with E-state index in [0.717, 1.165) is 19.3 Å². The molecule has 0 aliphatic carbocycles. The Morgan fingerprint density at radius 2 is 2.25 bits per heavy atom. The van der Waals surface area contributed by atoms with E-state index in [2.05, 4.69) is 13.5 Å². The van der Waals surface area contributed by atoms with Crippen molar-refractivity contribution in [3.63, 3.8) is 0 Å². The van der Waals surface area contributed by atoms with Crippen LogP contribution in [0.1, 0.15) is 39.0 Å². The number of carboxylic acid groups (broad SMARTS) is 1. The lowest BCUT2D eigenvalue weighted by atomic mass is 9.97. The van der Waals surface area contributed by atoms with Crippen LogP contribution in [0.25, 0.3) is 0 Å². The van der Waals surface area contributed by atoms with Gasteiger partial charge in [-0.15, -0.1) is 6.58 Å². The van der Waals surface area contributed by atoms with Gasteiger partial charge in [0.05, 0.1) is 0 Å². The first-order valence-corrected chi connectivity index (χ1v) is 4.53. The summed E-state index contributed by atoms with van der Waals surface area (Å²) in [4.78, 5) is 10.1. The van der Waals surface area contributed by atoms with Gasteiger partial charge >= 0.3 is 0 Å². The van der Waals surface area contributed by atoms with E-state index in [0.29, 0.717) is 12.3 Å². The monoisotopic (exact) mass is 169 g/mol. The Bertz CT molecular complexity index is 141. The summed E-state index contributed by atoms with van der Waals surface area (Å²) in [5, 5.41) is 10.1. The van der Waals surface area contributed by atoms with Gasteiger partial charge < -0.3 is 9.90 Å². The van der Waals surface area contributed by atoms with Crippen LogP contribution in [0.3, 0.4) is 0 Å². The number of carbonyl (C=O) groups excluding carboxylic acids is 1. The van der Waals surface area contributed by atoms with Crippen LogP contribution in [0.4, 0.5) is 0 Å². The maximum absolute atomic E-state index is 10.1. The standard InChI is InChI=1S/C10H18O2/c1-3-6-9(4-2)7-5-8-10(11)12/h4,9H,2-3,5-8H2,1H3,(H,11,12)/p-1. The lowest BCUT2D eigenvalue weighted by molar-refractivity contribution is -0.305. The molecule has 0 aromatic heterocycles. The molecule has 0 spiro atoms. The predicted molar refractivity (Wildman–Crippen MR) is 47.5 cm³/mol. The maximum atomic E-state index is 10.1. The predicted octanol–water partition coefficient (Wildman–Crippen LogP) is 1.51. The number of hydrogen-bond acceptors (Lipinski definition) is 2. The maximum Gasteiger partial charge on any atom is 0.0414 e. The summed E-state index contributed by atoms with van der Waals surface area (Å²) in [5.41, 5.74) is 0. The Kier molecular flexibility index (Phi) is 6.44. The first kappa shape index (κ1) is 11.2. The van der Waals surface area contributed by atoms with Crippen LogP contribution in [0.5, 0.6) is 0 Å². The number of rotatable bonds is 7. The van der Waals surface area contributed by atoms with Gasteiger partial charge in [-0.3, -0.25) is 0 Å². The molecule has 0 N–H and O–H groups in total. The van der Waals surface area contributed by atoms with E-state index in [1.54, 1.807) is 0 Å². The Labute approximate surface area is 74.3 Å². The van der Waals surface area contributed by atoms with Gasteiger partial charge in [-0.2, -0.15) is 0 Å². The van der Waals surface area contributed by atoms with E-state index in [-0.39, 0.29) is 6.42 Å². The minimum atomic E-state index is -0.950. The first-order valence-electron chi connectivity index (χ1n) is 4.53. The molecule has 0 saturated carbocycles. The largest absolute Gasteiger partial charge is 0.550 e. The molecule has 0 heterocycles. The fraction of sp³-hybridized carbons (Fsp3) is 0.700. The lowest BCUT2D eigenvalue weighted by Gasteiger charge is -2.10. The highest BCUT2D eigenvalue weighted by atomic mass is 16.4. The molecule has 1 atom stereocenters. The van der Waals surface area contributed by atoms with Crippen molar-refractivity contribution in [2.75, 3.05) is 0 Å². The zero-order chi connectivity index (χ0) is 9.40. The topological polar surface area (TPSA) is 40.1 Å². The molecule has 2 nitrogen and oxygen atoms in total. The van der Waals surface area contributed by atoms with Gasteiger partial charge in [0.15, 0.2) is 0 Å². The summed E-state index contributed by atoms with van der Waals surface area (Å²) >= 11 is 0. The SMILES string of the molecule is C=CC(CCC)CCCC(=O)[O-]. The van der Waals surface area contributed by atoms with E-state index in [4.69, 9.17) is 0 Å². The van der Waals surface area contributed by atoms with Crippen LogP contribution >= 0.6 is 0 Å². The van der Waals surface area contributed by atoms with Crippen molar-refractivity contribution in [2.24, 2.45) is 5.92 Å². The third-order valence-electron chi connectivity index (χ3n) is 1.95. The number of aliphatic carboxylic acids is 1. The van der Waals surface area contributed by atoms with Crippen molar-refractivity contribution in [1.82, 2.24) is 0 Å². The molecule has 0 saturated heterocycles. The highest BCUT2D eigenvalue weighted by molar-refractivity contribution is 5.64. The smallest absolute Gasteiger partial charge is 0.0414 e. The molecule has 1 unspecified atom stereocenters. The summed E-state index contributed by atoms with van der Waals surface area (Å²) in [7, 11) is 0. The molecule has 0 radical (unpaired) electrons. The normalized spacial score (nSPS) is 12.4. The van der Waals surface area contributed by atoms with Crippen LogP contribution in [0, 0.1) is 5.92 Å². The molecular weight excluding hydrogens is 152 g/mol. The van der Waals surface area contributed by atoms with Crippen molar-refractivity contribution in [2.45, 2.75) is 39.0 Å². The zero-order valence-corrected chi connectivity index (χ0v) is 7.71. The Hall–Kier alpha value is -0.790. The highest BCUT2D eigenvalue weighted by Crippen LogP contribution is 2.15. The second-order valence-corrected chi connectivity index (χ2v) is 3.05. The van der Waals surface area contributed by atoms with Crippen molar-refractivity contribution >= 4 is 5.97 Å². The second-order valence-electron chi connectivity index (χ2n) is 3.05. The molecule has 70 valence electrons. The summed E-state index contributed by atoms with van der Waals surface area (Å²) < 4.78 is 0. The number of hydrogen-bond donors (Lipinski definition) is 0. The van der Waals surface area contributed by atoms with Crippen LogP contribution in [-0.4, -0.2) is 5.97 Å². The van der Waals surface area contributed by atoms with Crippen molar-refractivity contribution in [1.29, 1.82) is 0 Å². The van der Waals surface area contributed by atoms with Crippen LogP contribution < -0.4 is 5.11 Å². The molecular formula is C10H17O2-. The molecule has 0 bridgehead atoms. The van der Waals surface area contributed by atoms with Gasteiger partial charge in [0.1, 0.15) is 0 Å². The third-order valence-corrected chi connectivity index (χ3v) is 1.95. The van der Waals surface area contributed by atoms with Crippen molar-refractivity contribution in [3.05, 3.63) is 12.7 Å². The zero-order valence-electron chi connectivity index (χ0n) is 7.71. The Morgan fingerprint density at radius 1 is 1.58 bits per heavy atom.